The highest BCUT2D eigenvalue weighted by atomic mass is 35.5. The van der Waals surface area contributed by atoms with Crippen molar-refractivity contribution in [2.45, 2.75) is 5.75 Å². The molecule has 88 valence electrons. The first-order valence-corrected chi connectivity index (χ1v) is 6.73. The van der Waals surface area contributed by atoms with E-state index in [1.165, 1.54) is 0 Å². The van der Waals surface area contributed by atoms with Gasteiger partial charge in [-0.15, -0.1) is 0 Å². The molecule has 0 saturated heterocycles. The molecule has 0 aliphatic carbocycles. The molecule has 2 nitrogen and oxygen atoms in total. The molecule has 0 saturated carbocycles. The summed E-state index contributed by atoms with van der Waals surface area (Å²) in [7, 11) is 0. The van der Waals surface area contributed by atoms with Gasteiger partial charge in [-0.05, 0) is 28.8 Å². The van der Waals surface area contributed by atoms with Crippen LogP contribution >= 0.6 is 11.6 Å². The second-order valence-corrected chi connectivity index (χ2v) is 5.00. The molecule has 1 N–H and O–H groups in total. The van der Waals surface area contributed by atoms with Crippen LogP contribution < -0.4 is 0 Å². The van der Waals surface area contributed by atoms with E-state index in [2.05, 4.69) is 0 Å². The Morgan fingerprint density at radius 3 is 2.59 bits per heavy atom. The SMILES string of the molecule is O=S(O)Cc1ccccc1-c1cccc(Cl)c1. The van der Waals surface area contributed by atoms with Gasteiger partial charge < -0.3 is 4.55 Å². The fraction of sp³-hybridized carbons (Fsp3) is 0.0769. The lowest BCUT2D eigenvalue weighted by atomic mass is 10.0. The van der Waals surface area contributed by atoms with E-state index in [1.54, 1.807) is 6.07 Å². The molecule has 0 heterocycles. The van der Waals surface area contributed by atoms with Crippen molar-refractivity contribution in [3.63, 3.8) is 0 Å². The summed E-state index contributed by atoms with van der Waals surface area (Å²) in [5.41, 5.74) is 2.74. The summed E-state index contributed by atoms with van der Waals surface area (Å²) in [6.45, 7) is 0. The standard InChI is InChI=1S/C13H11ClO2S/c14-12-6-3-5-10(8-12)13-7-2-1-4-11(13)9-17(15)16/h1-8H,9H2,(H,15,16). The molecular weight excluding hydrogens is 256 g/mol. The van der Waals surface area contributed by atoms with Crippen molar-refractivity contribution in [1.29, 1.82) is 0 Å². The average Bonchev–Trinajstić information content (AvgIpc) is 2.29. The van der Waals surface area contributed by atoms with Crippen LogP contribution in [-0.2, 0) is 16.8 Å². The van der Waals surface area contributed by atoms with E-state index in [1.807, 2.05) is 42.5 Å². The van der Waals surface area contributed by atoms with Gasteiger partial charge in [-0.1, -0.05) is 48.0 Å². The van der Waals surface area contributed by atoms with Gasteiger partial charge in [0.05, 0.1) is 5.75 Å². The predicted molar refractivity (Wildman–Crippen MR) is 71.4 cm³/mol. The Morgan fingerprint density at radius 2 is 1.88 bits per heavy atom. The minimum Gasteiger partial charge on any atom is -0.306 e. The first-order chi connectivity index (χ1) is 8.16. The largest absolute Gasteiger partial charge is 0.306 e. The van der Waals surface area contributed by atoms with Crippen LogP contribution in [0, 0.1) is 0 Å². The van der Waals surface area contributed by atoms with Gasteiger partial charge in [-0.25, -0.2) is 4.21 Å². The van der Waals surface area contributed by atoms with Crippen LogP contribution in [0.4, 0.5) is 0 Å². The quantitative estimate of drug-likeness (QED) is 0.860. The Balaban J connectivity index is 2.47. The first kappa shape index (κ1) is 12.3. The number of rotatable bonds is 3. The fourth-order valence-corrected chi connectivity index (χ4v) is 2.42. The summed E-state index contributed by atoms with van der Waals surface area (Å²) in [6, 6.07) is 15.0. The zero-order valence-corrected chi connectivity index (χ0v) is 10.5. The van der Waals surface area contributed by atoms with E-state index < -0.39 is 11.1 Å². The first-order valence-electron chi connectivity index (χ1n) is 5.08. The van der Waals surface area contributed by atoms with Crippen molar-refractivity contribution in [3.8, 4) is 11.1 Å². The Labute approximate surface area is 108 Å². The summed E-state index contributed by atoms with van der Waals surface area (Å²) >= 11 is 4.10. The molecule has 2 aromatic carbocycles. The van der Waals surface area contributed by atoms with Crippen LogP contribution in [0.5, 0.6) is 0 Å². The van der Waals surface area contributed by atoms with E-state index in [0.29, 0.717) is 5.02 Å². The van der Waals surface area contributed by atoms with E-state index >= 15 is 0 Å². The van der Waals surface area contributed by atoms with Crippen molar-refractivity contribution < 1.29 is 8.76 Å². The Morgan fingerprint density at radius 1 is 1.12 bits per heavy atom. The molecular formula is C13H11ClO2S. The normalized spacial score (nSPS) is 12.4. The summed E-state index contributed by atoms with van der Waals surface area (Å²) < 4.78 is 19.9. The topological polar surface area (TPSA) is 37.3 Å². The highest BCUT2D eigenvalue weighted by molar-refractivity contribution is 7.78. The van der Waals surface area contributed by atoms with Crippen molar-refractivity contribution >= 4 is 22.7 Å². The molecule has 1 unspecified atom stereocenters. The number of hydrogen-bond acceptors (Lipinski definition) is 1. The zero-order valence-electron chi connectivity index (χ0n) is 8.97. The van der Waals surface area contributed by atoms with Gasteiger partial charge in [0.15, 0.2) is 11.1 Å². The minimum absolute atomic E-state index is 0.128. The molecule has 1 atom stereocenters. The van der Waals surface area contributed by atoms with E-state index in [4.69, 9.17) is 16.2 Å². The lowest BCUT2D eigenvalue weighted by Crippen LogP contribution is -1.95. The molecule has 17 heavy (non-hydrogen) atoms. The van der Waals surface area contributed by atoms with Crippen LogP contribution in [0.25, 0.3) is 11.1 Å². The van der Waals surface area contributed by atoms with Gasteiger partial charge in [0, 0.05) is 5.02 Å². The van der Waals surface area contributed by atoms with Gasteiger partial charge in [-0.2, -0.15) is 0 Å². The number of halogens is 1. The second kappa shape index (κ2) is 5.45. The third-order valence-corrected chi connectivity index (χ3v) is 3.23. The third-order valence-electron chi connectivity index (χ3n) is 2.43. The highest BCUT2D eigenvalue weighted by Crippen LogP contribution is 2.26. The maximum atomic E-state index is 10.9. The Bertz CT molecular complexity index is 555. The monoisotopic (exact) mass is 266 g/mol. The maximum absolute atomic E-state index is 10.9. The van der Waals surface area contributed by atoms with Crippen LogP contribution in [-0.4, -0.2) is 8.76 Å². The Kier molecular flexibility index (Phi) is 3.94. The number of benzene rings is 2. The van der Waals surface area contributed by atoms with Gasteiger partial charge in [-0.3, -0.25) is 0 Å². The molecule has 2 aromatic rings. The molecule has 0 aromatic heterocycles. The maximum Gasteiger partial charge on any atom is 0.157 e. The molecule has 0 amide bonds. The molecule has 0 spiro atoms. The van der Waals surface area contributed by atoms with Gasteiger partial charge in [0.25, 0.3) is 0 Å². The smallest absolute Gasteiger partial charge is 0.157 e. The fourth-order valence-electron chi connectivity index (χ4n) is 1.72. The van der Waals surface area contributed by atoms with Crippen LogP contribution in [0.3, 0.4) is 0 Å². The van der Waals surface area contributed by atoms with E-state index in [-0.39, 0.29) is 5.75 Å². The van der Waals surface area contributed by atoms with Crippen molar-refractivity contribution in [1.82, 2.24) is 0 Å². The highest BCUT2D eigenvalue weighted by Gasteiger charge is 2.07. The molecule has 0 aliphatic rings. The third kappa shape index (κ3) is 3.16. The zero-order chi connectivity index (χ0) is 12.3. The lowest BCUT2D eigenvalue weighted by molar-refractivity contribution is 0.563. The summed E-state index contributed by atoms with van der Waals surface area (Å²) in [4.78, 5) is 0. The van der Waals surface area contributed by atoms with Gasteiger partial charge >= 0.3 is 0 Å². The van der Waals surface area contributed by atoms with E-state index in [9.17, 15) is 4.21 Å². The predicted octanol–water partition coefficient (Wildman–Crippen LogP) is 3.73. The average molecular weight is 267 g/mol. The van der Waals surface area contributed by atoms with Crippen molar-refractivity contribution in [2.24, 2.45) is 0 Å². The molecule has 0 fully saturated rings. The van der Waals surface area contributed by atoms with Gasteiger partial charge in [0.1, 0.15) is 0 Å². The van der Waals surface area contributed by atoms with Crippen LogP contribution in [0.15, 0.2) is 48.5 Å². The molecule has 2 rings (SSSR count). The Hall–Kier alpha value is -1.16. The van der Waals surface area contributed by atoms with Crippen molar-refractivity contribution in [2.75, 3.05) is 0 Å². The van der Waals surface area contributed by atoms with Gasteiger partial charge in [0.2, 0.25) is 0 Å². The lowest BCUT2D eigenvalue weighted by Gasteiger charge is -2.08. The summed E-state index contributed by atoms with van der Waals surface area (Å²) in [6.07, 6.45) is 0. The molecule has 0 bridgehead atoms. The second-order valence-electron chi connectivity index (χ2n) is 3.63. The van der Waals surface area contributed by atoms with Crippen molar-refractivity contribution in [3.05, 3.63) is 59.1 Å². The molecule has 4 heteroatoms. The molecule has 0 aliphatic heterocycles. The van der Waals surface area contributed by atoms with Crippen LogP contribution in [0.2, 0.25) is 5.02 Å². The summed E-state index contributed by atoms with van der Waals surface area (Å²) in [5.74, 6) is 0.128. The number of hydrogen-bond donors (Lipinski definition) is 1. The molecule has 0 radical (unpaired) electrons. The van der Waals surface area contributed by atoms with E-state index in [0.717, 1.165) is 16.7 Å². The minimum atomic E-state index is -1.84. The van der Waals surface area contributed by atoms with Crippen LogP contribution in [0.1, 0.15) is 5.56 Å². The summed E-state index contributed by atoms with van der Waals surface area (Å²) in [5, 5.41) is 0.655.